The minimum Gasteiger partial charge on any atom is -0.335 e. The zero-order chi connectivity index (χ0) is 14.1. The van der Waals surface area contributed by atoms with Crippen LogP contribution < -0.4 is 0 Å². The third-order valence-electron chi connectivity index (χ3n) is 3.71. The highest BCUT2D eigenvalue weighted by atomic mass is 32.1. The molecule has 0 bridgehead atoms. The molecule has 0 N–H and O–H groups in total. The smallest absolute Gasteiger partial charge is 0.289 e. The molecule has 1 saturated heterocycles. The van der Waals surface area contributed by atoms with E-state index in [1.165, 1.54) is 4.88 Å². The van der Waals surface area contributed by atoms with Crippen LogP contribution >= 0.6 is 11.3 Å². The van der Waals surface area contributed by atoms with E-state index in [0.29, 0.717) is 11.7 Å². The molecule has 0 spiro atoms. The Morgan fingerprint density at radius 1 is 1.45 bits per heavy atom. The van der Waals surface area contributed by atoms with Gasteiger partial charge < -0.3 is 9.47 Å². The van der Waals surface area contributed by atoms with Gasteiger partial charge in [0.25, 0.3) is 5.91 Å². The molecule has 2 aromatic rings. The average Bonchev–Trinajstić information content (AvgIpc) is 3.07. The standard InChI is InChI=1S/C14H18N4OS/c1-10-8-16-13(20-10)11-4-3-6-18(9-11)14(19)12-15-5-7-17(12)2/h5,7-8,11H,3-4,6,9H2,1-2H3. The van der Waals surface area contributed by atoms with Gasteiger partial charge in [0.15, 0.2) is 5.82 Å². The van der Waals surface area contributed by atoms with Crippen molar-refractivity contribution in [3.8, 4) is 0 Å². The molecule has 0 aliphatic carbocycles. The predicted molar refractivity (Wildman–Crippen MR) is 77.9 cm³/mol. The first kappa shape index (κ1) is 13.3. The van der Waals surface area contributed by atoms with E-state index < -0.39 is 0 Å². The Bertz CT molecular complexity index is 618. The Balaban J connectivity index is 1.75. The zero-order valence-electron chi connectivity index (χ0n) is 11.7. The largest absolute Gasteiger partial charge is 0.335 e. The van der Waals surface area contributed by atoms with Gasteiger partial charge in [-0.05, 0) is 19.8 Å². The SMILES string of the molecule is Cc1cnc(C2CCCN(C(=O)c3nccn3C)C2)s1. The lowest BCUT2D eigenvalue weighted by Gasteiger charge is -2.31. The molecule has 1 atom stereocenters. The topological polar surface area (TPSA) is 51.0 Å². The van der Waals surface area contributed by atoms with Crippen molar-refractivity contribution in [2.45, 2.75) is 25.7 Å². The summed E-state index contributed by atoms with van der Waals surface area (Å²) in [5.74, 6) is 0.906. The number of rotatable bonds is 2. The number of hydrogen-bond donors (Lipinski definition) is 0. The van der Waals surface area contributed by atoms with Gasteiger partial charge >= 0.3 is 0 Å². The number of amides is 1. The van der Waals surface area contributed by atoms with E-state index in [2.05, 4.69) is 16.9 Å². The second-order valence-electron chi connectivity index (χ2n) is 5.26. The van der Waals surface area contributed by atoms with Crippen LogP contribution in [0.2, 0.25) is 0 Å². The quantitative estimate of drug-likeness (QED) is 0.852. The third kappa shape index (κ3) is 2.47. The van der Waals surface area contributed by atoms with Crippen molar-refractivity contribution in [1.29, 1.82) is 0 Å². The van der Waals surface area contributed by atoms with Crippen molar-refractivity contribution in [3.05, 3.63) is 34.3 Å². The summed E-state index contributed by atoms with van der Waals surface area (Å²) < 4.78 is 1.78. The maximum Gasteiger partial charge on any atom is 0.289 e. The van der Waals surface area contributed by atoms with Crippen molar-refractivity contribution in [2.24, 2.45) is 7.05 Å². The summed E-state index contributed by atoms with van der Waals surface area (Å²) >= 11 is 1.74. The average molecular weight is 290 g/mol. The summed E-state index contributed by atoms with van der Waals surface area (Å²) in [5.41, 5.74) is 0. The van der Waals surface area contributed by atoms with E-state index in [1.54, 1.807) is 28.3 Å². The van der Waals surface area contributed by atoms with Crippen molar-refractivity contribution < 1.29 is 4.79 Å². The molecular formula is C14H18N4OS. The first-order valence-electron chi connectivity index (χ1n) is 6.84. The minimum atomic E-state index is 0.0236. The Hall–Kier alpha value is -1.69. The second-order valence-corrected chi connectivity index (χ2v) is 6.53. The van der Waals surface area contributed by atoms with E-state index in [1.807, 2.05) is 18.1 Å². The molecule has 5 nitrogen and oxygen atoms in total. The number of carbonyl (C=O) groups excluding carboxylic acids is 1. The van der Waals surface area contributed by atoms with Gasteiger partial charge in [-0.15, -0.1) is 11.3 Å². The fourth-order valence-electron chi connectivity index (χ4n) is 2.64. The summed E-state index contributed by atoms with van der Waals surface area (Å²) in [6, 6.07) is 0. The van der Waals surface area contributed by atoms with E-state index in [4.69, 9.17) is 0 Å². The molecule has 6 heteroatoms. The summed E-state index contributed by atoms with van der Waals surface area (Å²) in [4.78, 5) is 24.3. The van der Waals surface area contributed by atoms with Crippen molar-refractivity contribution in [3.63, 3.8) is 0 Å². The fraction of sp³-hybridized carbons (Fsp3) is 0.500. The van der Waals surface area contributed by atoms with Gasteiger partial charge in [0.2, 0.25) is 0 Å². The number of piperidine rings is 1. The molecule has 0 radical (unpaired) electrons. The van der Waals surface area contributed by atoms with Crippen LogP contribution in [0.3, 0.4) is 0 Å². The van der Waals surface area contributed by atoms with E-state index >= 15 is 0 Å². The number of thiazole rings is 1. The molecule has 1 aliphatic heterocycles. The first-order valence-corrected chi connectivity index (χ1v) is 7.65. The fourth-order valence-corrected chi connectivity index (χ4v) is 3.54. The lowest BCUT2D eigenvalue weighted by Crippen LogP contribution is -2.40. The maximum absolute atomic E-state index is 12.5. The van der Waals surface area contributed by atoms with E-state index in [0.717, 1.165) is 30.9 Å². The van der Waals surface area contributed by atoms with Crippen LogP contribution in [-0.4, -0.2) is 38.4 Å². The molecule has 3 rings (SSSR count). The van der Waals surface area contributed by atoms with Crippen molar-refractivity contribution in [2.75, 3.05) is 13.1 Å². The monoisotopic (exact) mass is 290 g/mol. The summed E-state index contributed by atoms with van der Waals surface area (Å²) in [5, 5.41) is 1.15. The molecule has 1 fully saturated rings. The van der Waals surface area contributed by atoms with Gasteiger partial charge in [-0.1, -0.05) is 0 Å². The van der Waals surface area contributed by atoms with Gasteiger partial charge in [0.1, 0.15) is 0 Å². The van der Waals surface area contributed by atoms with Crippen LogP contribution in [0, 0.1) is 6.92 Å². The highest BCUT2D eigenvalue weighted by molar-refractivity contribution is 7.11. The zero-order valence-corrected chi connectivity index (χ0v) is 12.6. The number of imidazole rings is 1. The molecule has 2 aromatic heterocycles. The number of aromatic nitrogens is 3. The minimum absolute atomic E-state index is 0.0236. The summed E-state index contributed by atoms with van der Waals surface area (Å²) in [6.07, 6.45) is 7.52. The summed E-state index contributed by atoms with van der Waals surface area (Å²) in [6.45, 7) is 3.63. The normalized spacial score (nSPS) is 19.3. The van der Waals surface area contributed by atoms with Crippen molar-refractivity contribution >= 4 is 17.2 Å². The maximum atomic E-state index is 12.5. The molecule has 1 unspecified atom stereocenters. The Morgan fingerprint density at radius 2 is 2.30 bits per heavy atom. The first-order chi connectivity index (χ1) is 9.65. The molecule has 20 heavy (non-hydrogen) atoms. The van der Waals surface area contributed by atoms with Gasteiger partial charge in [-0.25, -0.2) is 9.97 Å². The summed E-state index contributed by atoms with van der Waals surface area (Å²) in [7, 11) is 1.85. The molecule has 1 aliphatic rings. The Labute approximate surface area is 122 Å². The molecule has 1 amide bonds. The second kappa shape index (κ2) is 5.36. The molecule has 106 valence electrons. The number of nitrogens with zero attached hydrogens (tertiary/aromatic N) is 4. The third-order valence-corrected chi connectivity index (χ3v) is 4.78. The van der Waals surface area contributed by atoms with Crippen LogP contribution in [0.15, 0.2) is 18.6 Å². The predicted octanol–water partition coefficient (Wildman–Crippen LogP) is 2.20. The van der Waals surface area contributed by atoms with Gasteiger partial charge in [0.05, 0.1) is 5.01 Å². The highest BCUT2D eigenvalue weighted by Crippen LogP contribution is 2.30. The van der Waals surface area contributed by atoms with Crippen LogP contribution in [0.1, 0.15) is 39.3 Å². The van der Waals surface area contributed by atoms with Crippen LogP contribution in [0.5, 0.6) is 0 Å². The lowest BCUT2D eigenvalue weighted by molar-refractivity contribution is 0.0691. The lowest BCUT2D eigenvalue weighted by atomic mass is 9.98. The van der Waals surface area contributed by atoms with Gasteiger partial charge in [-0.2, -0.15) is 0 Å². The van der Waals surface area contributed by atoms with E-state index in [-0.39, 0.29) is 5.91 Å². The number of likely N-dealkylation sites (tertiary alicyclic amines) is 1. The number of hydrogen-bond acceptors (Lipinski definition) is 4. The van der Waals surface area contributed by atoms with Crippen LogP contribution in [0.25, 0.3) is 0 Å². The molecule has 0 saturated carbocycles. The molecule has 3 heterocycles. The van der Waals surface area contributed by atoms with Crippen LogP contribution in [0.4, 0.5) is 0 Å². The Kier molecular flexibility index (Phi) is 3.56. The number of aryl methyl sites for hydroxylation is 2. The van der Waals surface area contributed by atoms with Gasteiger partial charge in [-0.3, -0.25) is 4.79 Å². The molecule has 0 aromatic carbocycles. The van der Waals surface area contributed by atoms with E-state index in [9.17, 15) is 4.79 Å². The number of carbonyl (C=O) groups is 1. The van der Waals surface area contributed by atoms with Crippen molar-refractivity contribution in [1.82, 2.24) is 19.4 Å². The highest BCUT2D eigenvalue weighted by Gasteiger charge is 2.28. The van der Waals surface area contributed by atoms with Crippen LogP contribution in [-0.2, 0) is 7.05 Å². The van der Waals surface area contributed by atoms with Gasteiger partial charge in [0, 0.05) is 49.5 Å². The Morgan fingerprint density at radius 3 is 2.95 bits per heavy atom. The molecular weight excluding hydrogens is 272 g/mol.